The van der Waals surface area contributed by atoms with Gasteiger partial charge in [-0.1, -0.05) is 25.4 Å². The van der Waals surface area contributed by atoms with Crippen LogP contribution in [0.1, 0.15) is 25.2 Å². The Morgan fingerprint density at radius 2 is 2.06 bits per heavy atom. The highest BCUT2D eigenvalue weighted by molar-refractivity contribution is 6.31. The van der Waals surface area contributed by atoms with Crippen LogP contribution in [0.15, 0.2) is 0 Å². The zero-order valence-electron chi connectivity index (χ0n) is 10.8. The highest BCUT2D eigenvalue weighted by Crippen LogP contribution is 2.24. The van der Waals surface area contributed by atoms with E-state index < -0.39 is 0 Å². The zero-order chi connectivity index (χ0) is 12.3. The van der Waals surface area contributed by atoms with E-state index in [0.29, 0.717) is 11.8 Å². The van der Waals surface area contributed by atoms with Gasteiger partial charge >= 0.3 is 0 Å². The Morgan fingerprint density at radius 3 is 2.44 bits per heavy atom. The molecule has 0 saturated heterocycles. The molecule has 0 spiro atoms. The Hall–Kier alpha value is -0.540. The summed E-state index contributed by atoms with van der Waals surface area (Å²) >= 11 is 6.26. The molecule has 1 atom stereocenters. The summed E-state index contributed by atoms with van der Waals surface area (Å²) in [6, 6.07) is 0. The Bertz CT molecular complexity index is 344. The van der Waals surface area contributed by atoms with Crippen LogP contribution in [0.25, 0.3) is 0 Å². The van der Waals surface area contributed by atoms with Gasteiger partial charge in [-0.15, -0.1) is 0 Å². The molecule has 92 valence electrons. The maximum absolute atomic E-state index is 6.26. The lowest BCUT2D eigenvalue weighted by Gasteiger charge is -2.20. The number of hydrogen-bond acceptors (Lipinski definition) is 2. The van der Waals surface area contributed by atoms with Crippen molar-refractivity contribution >= 4 is 11.6 Å². The first kappa shape index (κ1) is 13.5. The molecule has 4 heteroatoms. The molecular weight excluding hydrogens is 222 g/mol. The fraction of sp³-hybridized carbons (Fsp3) is 0.750. The van der Waals surface area contributed by atoms with Gasteiger partial charge in [-0.3, -0.25) is 4.68 Å². The quantitative estimate of drug-likeness (QED) is 0.861. The van der Waals surface area contributed by atoms with Crippen molar-refractivity contribution in [3.8, 4) is 0 Å². The van der Waals surface area contributed by atoms with Crippen molar-refractivity contribution in [2.75, 3.05) is 13.6 Å². The summed E-state index contributed by atoms with van der Waals surface area (Å²) in [5.74, 6) is 1.23. The summed E-state index contributed by atoms with van der Waals surface area (Å²) in [5, 5.41) is 8.41. The van der Waals surface area contributed by atoms with Gasteiger partial charge in [0.05, 0.1) is 16.4 Å². The largest absolute Gasteiger partial charge is 0.319 e. The van der Waals surface area contributed by atoms with Crippen LogP contribution in [-0.4, -0.2) is 23.4 Å². The zero-order valence-corrected chi connectivity index (χ0v) is 11.6. The first-order chi connectivity index (χ1) is 7.47. The topological polar surface area (TPSA) is 29.9 Å². The van der Waals surface area contributed by atoms with Crippen LogP contribution in [0, 0.1) is 18.8 Å². The summed E-state index contributed by atoms with van der Waals surface area (Å²) in [5.41, 5.74) is 2.07. The SMILES string of the molecule is CNCC(Cc1c(Cl)c(C)nn1C)C(C)C. The lowest BCUT2D eigenvalue weighted by Crippen LogP contribution is -2.26. The van der Waals surface area contributed by atoms with Crippen LogP contribution in [0.2, 0.25) is 5.02 Å². The van der Waals surface area contributed by atoms with E-state index in [1.165, 1.54) is 0 Å². The molecular formula is C12H22ClN3. The summed E-state index contributed by atoms with van der Waals surface area (Å²) in [4.78, 5) is 0. The predicted octanol–water partition coefficient (Wildman–Crippen LogP) is 2.42. The van der Waals surface area contributed by atoms with Crippen molar-refractivity contribution in [1.29, 1.82) is 0 Å². The van der Waals surface area contributed by atoms with E-state index in [9.17, 15) is 0 Å². The lowest BCUT2D eigenvalue weighted by atomic mass is 9.91. The normalized spacial score (nSPS) is 13.4. The maximum atomic E-state index is 6.26. The van der Waals surface area contributed by atoms with E-state index in [0.717, 1.165) is 29.4 Å². The first-order valence-electron chi connectivity index (χ1n) is 5.80. The van der Waals surface area contributed by atoms with Gasteiger partial charge in [-0.25, -0.2) is 0 Å². The number of aryl methyl sites for hydroxylation is 2. The van der Waals surface area contributed by atoms with Gasteiger partial charge < -0.3 is 5.32 Å². The van der Waals surface area contributed by atoms with E-state index in [1.807, 2.05) is 25.7 Å². The van der Waals surface area contributed by atoms with Crippen molar-refractivity contribution in [2.45, 2.75) is 27.2 Å². The van der Waals surface area contributed by atoms with Gasteiger partial charge in [0.2, 0.25) is 0 Å². The molecule has 0 amide bonds. The monoisotopic (exact) mass is 243 g/mol. The smallest absolute Gasteiger partial charge is 0.0847 e. The number of hydrogen-bond donors (Lipinski definition) is 1. The van der Waals surface area contributed by atoms with Crippen molar-refractivity contribution in [3.05, 3.63) is 16.4 Å². The highest BCUT2D eigenvalue weighted by Gasteiger charge is 2.18. The third-order valence-corrected chi connectivity index (χ3v) is 3.62. The molecule has 0 aliphatic carbocycles. The second-order valence-electron chi connectivity index (χ2n) is 4.74. The van der Waals surface area contributed by atoms with E-state index >= 15 is 0 Å². The minimum absolute atomic E-state index is 0.595. The van der Waals surface area contributed by atoms with Crippen molar-refractivity contribution in [3.63, 3.8) is 0 Å². The van der Waals surface area contributed by atoms with Crippen LogP contribution < -0.4 is 5.32 Å². The molecule has 1 heterocycles. The Morgan fingerprint density at radius 1 is 1.44 bits per heavy atom. The maximum Gasteiger partial charge on any atom is 0.0847 e. The third kappa shape index (κ3) is 2.98. The number of rotatable bonds is 5. The van der Waals surface area contributed by atoms with Crippen LogP contribution in [-0.2, 0) is 13.5 Å². The number of nitrogens with zero attached hydrogens (tertiary/aromatic N) is 2. The van der Waals surface area contributed by atoms with Crippen LogP contribution in [0.3, 0.4) is 0 Å². The molecule has 0 aliphatic rings. The fourth-order valence-electron chi connectivity index (χ4n) is 1.96. The Labute approximate surface area is 103 Å². The van der Waals surface area contributed by atoms with Crippen LogP contribution >= 0.6 is 11.6 Å². The molecule has 0 saturated carbocycles. The average Bonchev–Trinajstić information content (AvgIpc) is 2.43. The van der Waals surface area contributed by atoms with Gasteiger partial charge in [0, 0.05) is 7.05 Å². The van der Waals surface area contributed by atoms with Gasteiger partial charge in [0.25, 0.3) is 0 Å². The Balaban J connectivity index is 2.84. The van der Waals surface area contributed by atoms with E-state index in [2.05, 4.69) is 24.3 Å². The molecule has 0 radical (unpaired) electrons. The number of nitrogens with one attached hydrogen (secondary N) is 1. The fourth-order valence-corrected chi connectivity index (χ4v) is 2.19. The van der Waals surface area contributed by atoms with Gasteiger partial charge in [-0.05, 0) is 38.8 Å². The summed E-state index contributed by atoms with van der Waals surface area (Å²) in [7, 11) is 3.95. The summed E-state index contributed by atoms with van der Waals surface area (Å²) in [6.45, 7) is 7.46. The molecule has 3 nitrogen and oxygen atoms in total. The molecule has 0 aromatic carbocycles. The van der Waals surface area contributed by atoms with E-state index in [4.69, 9.17) is 11.6 Å². The molecule has 0 bridgehead atoms. The third-order valence-electron chi connectivity index (χ3n) is 3.13. The second kappa shape index (κ2) is 5.69. The molecule has 0 aliphatic heterocycles. The molecule has 1 aromatic rings. The molecule has 1 aromatic heterocycles. The molecule has 1 rings (SSSR count). The highest BCUT2D eigenvalue weighted by atomic mass is 35.5. The van der Waals surface area contributed by atoms with Crippen LogP contribution in [0.5, 0.6) is 0 Å². The minimum atomic E-state index is 0.595. The van der Waals surface area contributed by atoms with E-state index in [1.54, 1.807) is 0 Å². The Kier molecular flexibility index (Phi) is 4.81. The molecule has 16 heavy (non-hydrogen) atoms. The van der Waals surface area contributed by atoms with Crippen molar-refractivity contribution < 1.29 is 0 Å². The first-order valence-corrected chi connectivity index (χ1v) is 6.17. The predicted molar refractivity (Wildman–Crippen MR) is 68.9 cm³/mol. The van der Waals surface area contributed by atoms with Gasteiger partial charge in [0.15, 0.2) is 0 Å². The number of aromatic nitrogens is 2. The second-order valence-corrected chi connectivity index (χ2v) is 5.11. The number of halogens is 1. The van der Waals surface area contributed by atoms with Crippen LogP contribution in [0.4, 0.5) is 0 Å². The summed E-state index contributed by atoms with van der Waals surface area (Å²) in [6.07, 6.45) is 0.981. The van der Waals surface area contributed by atoms with Crippen molar-refractivity contribution in [1.82, 2.24) is 15.1 Å². The van der Waals surface area contributed by atoms with E-state index in [-0.39, 0.29) is 0 Å². The minimum Gasteiger partial charge on any atom is -0.319 e. The van der Waals surface area contributed by atoms with Crippen molar-refractivity contribution in [2.24, 2.45) is 18.9 Å². The standard InChI is InChI=1S/C12H22ClN3/c1-8(2)10(7-14-4)6-11-12(13)9(3)15-16(11)5/h8,10,14H,6-7H2,1-5H3. The average molecular weight is 244 g/mol. The molecule has 0 fully saturated rings. The van der Waals surface area contributed by atoms with Gasteiger partial charge in [-0.2, -0.15) is 5.10 Å². The molecule has 1 unspecified atom stereocenters. The molecule has 1 N–H and O–H groups in total. The lowest BCUT2D eigenvalue weighted by molar-refractivity contribution is 0.363. The summed E-state index contributed by atoms with van der Waals surface area (Å²) < 4.78 is 1.91. The van der Waals surface area contributed by atoms with Gasteiger partial charge in [0.1, 0.15) is 0 Å².